The van der Waals surface area contributed by atoms with E-state index in [2.05, 4.69) is 24.3 Å². The van der Waals surface area contributed by atoms with Gasteiger partial charge in [-0.25, -0.2) is 15.0 Å². The van der Waals surface area contributed by atoms with E-state index in [0.29, 0.717) is 28.5 Å². The second-order valence-electron chi connectivity index (χ2n) is 13.5. The lowest BCUT2D eigenvalue weighted by molar-refractivity contribution is 1.07. The molecule has 11 aromatic rings. The molecule has 0 aliphatic heterocycles. The standard InChI is InChI=1S/C51H32N4S/c1-4-14-33(15-5-1)34-26-28-37(29-27-34)50-52-49(36-18-8-3-9-19-36)53-51(54-50)43-23-12-22-41-40-20-10-11-24-44(40)55(48(41)43)38-30-31-42-46(32-38)56-45-25-13-21-39(47(42)45)35-16-6-2-7-17-35/h1-32H/i10D,11D,12D,20D,22D,23D,24D. The Morgan fingerprint density at radius 3 is 1.79 bits per heavy atom. The molecule has 5 heteroatoms. The lowest BCUT2D eigenvalue weighted by Gasteiger charge is -2.13. The average molecular weight is 740 g/mol. The fraction of sp³-hybridized carbons (Fsp3) is 0. The molecule has 0 saturated heterocycles. The van der Waals surface area contributed by atoms with Crippen molar-refractivity contribution in [1.82, 2.24) is 19.5 Å². The molecule has 0 N–H and O–H groups in total. The van der Waals surface area contributed by atoms with Crippen molar-refractivity contribution in [3.63, 3.8) is 0 Å². The summed E-state index contributed by atoms with van der Waals surface area (Å²) in [6, 6.07) is 47.0. The highest BCUT2D eigenvalue weighted by Crippen LogP contribution is 2.43. The Balaban J connectivity index is 1.23. The number of hydrogen-bond donors (Lipinski definition) is 0. The zero-order valence-electron chi connectivity index (χ0n) is 36.6. The van der Waals surface area contributed by atoms with Crippen molar-refractivity contribution in [2.75, 3.05) is 0 Å². The van der Waals surface area contributed by atoms with E-state index in [1.807, 2.05) is 127 Å². The molecule has 3 heterocycles. The monoisotopic (exact) mass is 739 g/mol. The summed E-state index contributed by atoms with van der Waals surface area (Å²) in [4.78, 5) is 14.9. The smallest absolute Gasteiger partial charge is 0.166 e. The third-order valence-electron chi connectivity index (χ3n) is 10.2. The summed E-state index contributed by atoms with van der Waals surface area (Å²) in [5.74, 6) is 0.703. The van der Waals surface area contributed by atoms with Gasteiger partial charge in [-0.1, -0.05) is 164 Å². The maximum Gasteiger partial charge on any atom is 0.166 e. The number of nitrogens with zero attached hydrogens (tertiary/aromatic N) is 4. The minimum absolute atomic E-state index is 0.0595. The molecule has 0 bridgehead atoms. The molecule has 0 fully saturated rings. The summed E-state index contributed by atoms with van der Waals surface area (Å²) in [6.07, 6.45) is 0. The third-order valence-corrected chi connectivity index (χ3v) is 11.3. The summed E-state index contributed by atoms with van der Waals surface area (Å²) < 4.78 is 68.0. The Morgan fingerprint density at radius 1 is 0.429 bits per heavy atom. The van der Waals surface area contributed by atoms with Gasteiger partial charge in [-0.2, -0.15) is 0 Å². The molecule has 4 nitrogen and oxygen atoms in total. The quantitative estimate of drug-likeness (QED) is 0.171. The third kappa shape index (κ3) is 5.40. The molecule has 0 amide bonds. The van der Waals surface area contributed by atoms with Gasteiger partial charge in [0.1, 0.15) is 0 Å². The fourth-order valence-electron chi connectivity index (χ4n) is 7.58. The Labute approximate surface area is 337 Å². The lowest BCUT2D eigenvalue weighted by atomic mass is 9.99. The molecule has 0 radical (unpaired) electrons. The lowest BCUT2D eigenvalue weighted by Crippen LogP contribution is -2.02. The zero-order chi connectivity index (χ0) is 43.1. The molecule has 8 aromatic carbocycles. The molecule has 262 valence electrons. The second-order valence-corrected chi connectivity index (χ2v) is 14.6. The van der Waals surface area contributed by atoms with Crippen molar-refractivity contribution in [2.24, 2.45) is 0 Å². The highest BCUT2D eigenvalue weighted by Gasteiger charge is 2.21. The van der Waals surface area contributed by atoms with E-state index < -0.39 is 18.1 Å². The minimum atomic E-state index is -0.463. The van der Waals surface area contributed by atoms with Crippen molar-refractivity contribution in [3.05, 3.63) is 194 Å². The number of thiophene rings is 1. The predicted octanol–water partition coefficient (Wildman–Crippen LogP) is 13.7. The molecule has 3 aromatic heterocycles. The van der Waals surface area contributed by atoms with Gasteiger partial charge in [0.15, 0.2) is 17.5 Å². The summed E-state index contributed by atoms with van der Waals surface area (Å²) in [7, 11) is 0. The van der Waals surface area contributed by atoms with Gasteiger partial charge in [0.25, 0.3) is 0 Å². The van der Waals surface area contributed by atoms with Crippen LogP contribution in [-0.2, 0) is 0 Å². The number of para-hydroxylation sites is 2. The van der Waals surface area contributed by atoms with Crippen LogP contribution in [0.3, 0.4) is 0 Å². The van der Waals surface area contributed by atoms with Crippen molar-refractivity contribution in [2.45, 2.75) is 0 Å². The van der Waals surface area contributed by atoms with Crippen molar-refractivity contribution in [3.8, 4) is 62.1 Å². The van der Waals surface area contributed by atoms with Gasteiger partial charge >= 0.3 is 0 Å². The van der Waals surface area contributed by atoms with E-state index >= 15 is 0 Å². The molecule has 56 heavy (non-hydrogen) atoms. The second kappa shape index (κ2) is 13.3. The molecule has 0 spiro atoms. The van der Waals surface area contributed by atoms with Crippen molar-refractivity contribution >= 4 is 53.3 Å². The van der Waals surface area contributed by atoms with Crippen LogP contribution in [0.5, 0.6) is 0 Å². The first-order chi connectivity index (χ1) is 30.7. The number of fused-ring (bicyclic) bond motifs is 6. The Hall–Kier alpha value is -7.21. The first-order valence-electron chi connectivity index (χ1n) is 21.7. The van der Waals surface area contributed by atoms with Gasteiger partial charge in [-0.3, -0.25) is 0 Å². The number of hydrogen-bond acceptors (Lipinski definition) is 4. The van der Waals surface area contributed by atoms with Crippen LogP contribution in [0.15, 0.2) is 194 Å². The zero-order valence-corrected chi connectivity index (χ0v) is 30.4. The van der Waals surface area contributed by atoms with E-state index in [1.165, 1.54) is 0 Å². The van der Waals surface area contributed by atoms with Gasteiger partial charge in [0, 0.05) is 53.3 Å². The fourth-order valence-corrected chi connectivity index (χ4v) is 8.74. The van der Waals surface area contributed by atoms with Crippen LogP contribution in [0, 0.1) is 0 Å². The predicted molar refractivity (Wildman–Crippen MR) is 234 cm³/mol. The van der Waals surface area contributed by atoms with E-state index in [-0.39, 0.29) is 57.4 Å². The normalized spacial score (nSPS) is 13.3. The topological polar surface area (TPSA) is 43.6 Å². The van der Waals surface area contributed by atoms with Crippen molar-refractivity contribution in [1.29, 1.82) is 0 Å². The van der Waals surface area contributed by atoms with Crippen LogP contribution in [-0.4, -0.2) is 19.5 Å². The van der Waals surface area contributed by atoms with Crippen LogP contribution in [0.25, 0.3) is 104 Å². The van der Waals surface area contributed by atoms with Crippen LogP contribution in [0.4, 0.5) is 0 Å². The van der Waals surface area contributed by atoms with Crippen molar-refractivity contribution < 1.29 is 9.60 Å². The molecule has 11 rings (SSSR count). The largest absolute Gasteiger partial charge is 0.308 e. The van der Waals surface area contributed by atoms with E-state index in [4.69, 9.17) is 17.7 Å². The summed E-state index contributed by atoms with van der Waals surface area (Å²) in [6.45, 7) is 0. The van der Waals surface area contributed by atoms with Gasteiger partial charge < -0.3 is 4.57 Å². The maximum atomic E-state index is 9.58. The summed E-state index contributed by atoms with van der Waals surface area (Å²) in [5, 5.41) is 2.30. The van der Waals surface area contributed by atoms with Crippen LogP contribution < -0.4 is 0 Å². The molecule has 0 unspecified atom stereocenters. The highest BCUT2D eigenvalue weighted by molar-refractivity contribution is 7.26. The number of aromatic nitrogens is 4. The molecule has 0 saturated carbocycles. The molecule has 0 aliphatic rings. The van der Waals surface area contributed by atoms with Gasteiger partial charge in [0.2, 0.25) is 0 Å². The Kier molecular flexibility index (Phi) is 6.10. The molecular weight excluding hydrogens is 701 g/mol. The first-order valence-corrected chi connectivity index (χ1v) is 19.0. The average Bonchev–Trinajstić information content (AvgIpc) is 3.89. The first kappa shape index (κ1) is 25.7. The number of rotatable bonds is 6. The van der Waals surface area contributed by atoms with Crippen LogP contribution in [0.2, 0.25) is 0 Å². The van der Waals surface area contributed by atoms with Gasteiger partial charge in [-0.05, 0) is 52.5 Å². The van der Waals surface area contributed by atoms with Gasteiger partial charge in [-0.15, -0.1) is 11.3 Å². The Morgan fingerprint density at radius 2 is 1.04 bits per heavy atom. The van der Waals surface area contributed by atoms with E-state index in [1.54, 1.807) is 15.9 Å². The molecular formula is C51H32N4S. The van der Waals surface area contributed by atoms with Gasteiger partial charge in [0.05, 0.1) is 20.6 Å². The van der Waals surface area contributed by atoms with E-state index in [9.17, 15) is 6.85 Å². The van der Waals surface area contributed by atoms with E-state index in [0.717, 1.165) is 42.4 Å². The number of benzene rings is 8. The minimum Gasteiger partial charge on any atom is -0.308 e. The summed E-state index contributed by atoms with van der Waals surface area (Å²) in [5.41, 5.74) is 6.62. The summed E-state index contributed by atoms with van der Waals surface area (Å²) >= 11 is 1.61. The highest BCUT2D eigenvalue weighted by atomic mass is 32.1. The van der Waals surface area contributed by atoms with Crippen LogP contribution in [0.1, 0.15) is 9.60 Å². The Bertz CT molecular complexity index is 3630. The van der Waals surface area contributed by atoms with Crippen LogP contribution >= 0.6 is 11.3 Å². The molecule has 0 aliphatic carbocycles. The maximum absolute atomic E-state index is 9.58. The molecule has 0 atom stereocenters. The SMILES string of the molecule is [2H]c1c([2H])c([2H])c2c(c1[2H])c1c([2H])c([2H])c([2H])c(-c3nc(-c4ccccc4)nc(-c4ccc(-c5ccccc5)cc4)n3)c1n2-c1ccc2c(c1)sc1cccc(-c3ccccc3)c12.